The molecule has 19 heavy (non-hydrogen) atoms. The first-order valence-electron chi connectivity index (χ1n) is 7.02. The van der Waals surface area contributed by atoms with Crippen molar-refractivity contribution < 1.29 is 14.1 Å². The van der Waals surface area contributed by atoms with Gasteiger partial charge in [-0.05, 0) is 40.4 Å². The number of Topliss-reactive ketones (excluding diaryl/α,β-unsaturated/α-hetero) is 1. The minimum atomic E-state index is -0.342. The van der Waals surface area contributed by atoms with Crippen LogP contribution in [0.25, 0.3) is 0 Å². The molecule has 0 N–H and O–H groups in total. The van der Waals surface area contributed by atoms with Gasteiger partial charge in [0.15, 0.2) is 0 Å². The third-order valence-electron chi connectivity index (χ3n) is 4.32. The molecule has 0 radical (unpaired) electrons. The van der Waals surface area contributed by atoms with Crippen molar-refractivity contribution in [3.05, 3.63) is 12.7 Å². The predicted molar refractivity (Wildman–Crippen MR) is 79.1 cm³/mol. The highest BCUT2D eigenvalue weighted by molar-refractivity contribution is 6.45. The summed E-state index contributed by atoms with van der Waals surface area (Å²) in [5.41, 5.74) is -0.986. The van der Waals surface area contributed by atoms with Crippen molar-refractivity contribution in [3.8, 4) is 0 Å². The highest BCUT2D eigenvalue weighted by Gasteiger charge is 2.50. The molecule has 0 aliphatic carbocycles. The van der Waals surface area contributed by atoms with E-state index in [0.29, 0.717) is 19.2 Å². The third-order valence-corrected chi connectivity index (χ3v) is 4.32. The molecule has 3 nitrogen and oxygen atoms in total. The Balaban J connectivity index is 2.52. The summed E-state index contributed by atoms with van der Waals surface area (Å²) in [5.74, 6) is 0.238. The zero-order chi connectivity index (χ0) is 14.9. The standard InChI is InChI=1S/C15H27BO3/c1-8-10-13(2,3)12(17)9-11-16-18-14(4,5)15(6,7)19-16/h8H,1,9-11H2,2-7H3. The number of ketones is 1. The first-order valence-corrected chi connectivity index (χ1v) is 7.02. The lowest BCUT2D eigenvalue weighted by molar-refractivity contribution is -0.126. The summed E-state index contributed by atoms with van der Waals surface area (Å²) in [4.78, 5) is 12.2. The van der Waals surface area contributed by atoms with Crippen LogP contribution in [0.1, 0.15) is 54.4 Å². The largest absolute Gasteiger partial charge is 0.458 e. The molecule has 1 aliphatic heterocycles. The van der Waals surface area contributed by atoms with E-state index in [1.54, 1.807) is 6.08 Å². The minimum absolute atomic E-state index is 0.238. The average Bonchev–Trinajstić information content (AvgIpc) is 2.44. The zero-order valence-electron chi connectivity index (χ0n) is 13.2. The van der Waals surface area contributed by atoms with Crippen molar-refractivity contribution in [2.24, 2.45) is 5.41 Å². The maximum atomic E-state index is 12.2. The topological polar surface area (TPSA) is 35.5 Å². The van der Waals surface area contributed by atoms with Crippen LogP contribution in [0.2, 0.25) is 6.32 Å². The highest BCUT2D eigenvalue weighted by atomic mass is 16.7. The minimum Gasteiger partial charge on any atom is -0.403 e. The van der Waals surface area contributed by atoms with Gasteiger partial charge in [-0.15, -0.1) is 6.58 Å². The van der Waals surface area contributed by atoms with E-state index >= 15 is 0 Å². The molecule has 0 unspecified atom stereocenters. The Morgan fingerprint density at radius 3 is 2.11 bits per heavy atom. The predicted octanol–water partition coefficient (Wildman–Crippen LogP) is 3.64. The summed E-state index contributed by atoms with van der Waals surface area (Å²) in [6, 6.07) is 0. The molecular formula is C15H27BO3. The molecule has 1 saturated heterocycles. The van der Waals surface area contributed by atoms with E-state index in [4.69, 9.17) is 9.31 Å². The summed E-state index contributed by atoms with van der Waals surface area (Å²) in [7, 11) is -0.284. The van der Waals surface area contributed by atoms with Crippen molar-refractivity contribution in [1.82, 2.24) is 0 Å². The summed E-state index contributed by atoms with van der Waals surface area (Å²) in [6.07, 6.45) is 3.60. The SMILES string of the molecule is C=CCC(C)(C)C(=O)CCB1OC(C)(C)C(C)(C)O1. The summed E-state index contributed by atoms with van der Waals surface area (Å²) >= 11 is 0. The van der Waals surface area contributed by atoms with E-state index in [9.17, 15) is 4.79 Å². The lowest BCUT2D eigenvalue weighted by Gasteiger charge is -2.32. The van der Waals surface area contributed by atoms with Crippen LogP contribution in [0.15, 0.2) is 12.7 Å². The Morgan fingerprint density at radius 2 is 1.68 bits per heavy atom. The number of carbonyl (C=O) groups excluding carboxylic acids is 1. The molecular weight excluding hydrogens is 239 g/mol. The van der Waals surface area contributed by atoms with Gasteiger partial charge < -0.3 is 9.31 Å². The molecule has 108 valence electrons. The van der Waals surface area contributed by atoms with Crippen LogP contribution in [-0.4, -0.2) is 24.1 Å². The van der Waals surface area contributed by atoms with E-state index in [0.717, 1.165) is 0 Å². The van der Waals surface area contributed by atoms with Crippen molar-refractivity contribution >= 4 is 12.9 Å². The summed E-state index contributed by atoms with van der Waals surface area (Å²) in [6.45, 7) is 15.7. The van der Waals surface area contributed by atoms with Crippen molar-refractivity contribution in [2.45, 2.75) is 71.9 Å². The van der Waals surface area contributed by atoms with Crippen LogP contribution in [0.3, 0.4) is 0 Å². The molecule has 0 saturated carbocycles. The molecule has 0 aromatic carbocycles. The number of rotatable bonds is 6. The van der Waals surface area contributed by atoms with E-state index in [2.05, 4.69) is 6.58 Å². The fourth-order valence-electron chi connectivity index (χ4n) is 2.14. The number of hydrogen-bond donors (Lipinski definition) is 0. The molecule has 0 aromatic rings. The Hall–Kier alpha value is -0.605. The van der Waals surface area contributed by atoms with E-state index in [1.165, 1.54) is 0 Å². The molecule has 0 bridgehead atoms. The Bertz CT molecular complexity index is 342. The smallest absolute Gasteiger partial charge is 0.403 e. The van der Waals surface area contributed by atoms with Crippen LogP contribution in [0.5, 0.6) is 0 Å². The van der Waals surface area contributed by atoms with Crippen molar-refractivity contribution in [3.63, 3.8) is 0 Å². The maximum Gasteiger partial charge on any atom is 0.458 e. The van der Waals surface area contributed by atoms with Gasteiger partial charge in [0.1, 0.15) is 5.78 Å². The van der Waals surface area contributed by atoms with Gasteiger partial charge in [0, 0.05) is 11.8 Å². The third kappa shape index (κ3) is 3.70. The Morgan fingerprint density at radius 1 is 1.21 bits per heavy atom. The van der Waals surface area contributed by atoms with Gasteiger partial charge in [-0.25, -0.2) is 0 Å². The first-order chi connectivity index (χ1) is 8.52. The van der Waals surface area contributed by atoms with Crippen LogP contribution in [0.4, 0.5) is 0 Å². The van der Waals surface area contributed by atoms with Crippen molar-refractivity contribution in [2.75, 3.05) is 0 Å². The molecule has 1 rings (SSSR count). The fraction of sp³-hybridized carbons (Fsp3) is 0.800. The second kappa shape index (κ2) is 5.41. The summed E-state index contributed by atoms with van der Waals surface area (Å²) in [5, 5.41) is 0. The lowest BCUT2D eigenvalue weighted by atomic mass is 9.76. The fourth-order valence-corrected chi connectivity index (χ4v) is 2.14. The van der Waals surface area contributed by atoms with Crippen LogP contribution in [0, 0.1) is 5.41 Å². The summed E-state index contributed by atoms with van der Waals surface area (Å²) < 4.78 is 11.8. The molecule has 0 aromatic heterocycles. The average molecular weight is 266 g/mol. The molecule has 0 amide bonds. The van der Waals surface area contributed by atoms with E-state index < -0.39 is 0 Å². The molecule has 1 fully saturated rings. The lowest BCUT2D eigenvalue weighted by Crippen LogP contribution is -2.41. The first kappa shape index (κ1) is 16.4. The Kier molecular flexibility index (Phi) is 4.68. The van der Waals surface area contributed by atoms with Crippen LogP contribution >= 0.6 is 0 Å². The maximum absolute atomic E-state index is 12.2. The van der Waals surface area contributed by atoms with E-state index in [1.807, 2.05) is 41.5 Å². The van der Waals surface area contributed by atoms with Crippen LogP contribution < -0.4 is 0 Å². The number of hydrogen-bond acceptors (Lipinski definition) is 3. The molecule has 0 atom stereocenters. The van der Waals surface area contributed by atoms with E-state index in [-0.39, 0.29) is 29.5 Å². The second-order valence-electron chi connectivity index (χ2n) is 7.02. The second-order valence-corrected chi connectivity index (χ2v) is 7.02. The van der Waals surface area contributed by atoms with Gasteiger partial charge in [-0.1, -0.05) is 19.9 Å². The Labute approximate surface area is 117 Å². The molecule has 0 spiro atoms. The van der Waals surface area contributed by atoms with Crippen molar-refractivity contribution in [1.29, 1.82) is 0 Å². The monoisotopic (exact) mass is 266 g/mol. The van der Waals surface area contributed by atoms with Gasteiger partial charge >= 0.3 is 7.12 Å². The quantitative estimate of drug-likeness (QED) is 0.544. The number of allylic oxidation sites excluding steroid dienone is 1. The molecule has 1 aliphatic rings. The normalized spacial score (nSPS) is 21.5. The zero-order valence-corrected chi connectivity index (χ0v) is 13.2. The van der Waals surface area contributed by atoms with Gasteiger partial charge in [0.05, 0.1) is 11.2 Å². The van der Waals surface area contributed by atoms with Gasteiger partial charge in [0.2, 0.25) is 0 Å². The highest BCUT2D eigenvalue weighted by Crippen LogP contribution is 2.38. The van der Waals surface area contributed by atoms with Gasteiger partial charge in [0.25, 0.3) is 0 Å². The van der Waals surface area contributed by atoms with Gasteiger partial charge in [-0.3, -0.25) is 4.79 Å². The molecule has 1 heterocycles. The molecule has 4 heteroatoms. The number of carbonyl (C=O) groups is 1. The van der Waals surface area contributed by atoms with Gasteiger partial charge in [-0.2, -0.15) is 0 Å². The van der Waals surface area contributed by atoms with Crippen LogP contribution in [-0.2, 0) is 14.1 Å².